The molecule has 0 unspecified atom stereocenters. The Bertz CT molecular complexity index is 507. The Labute approximate surface area is 130 Å². The Hall–Kier alpha value is -1.59. The van der Waals surface area contributed by atoms with Crippen molar-refractivity contribution in [3.05, 3.63) is 35.4 Å². The quantitative estimate of drug-likeness (QED) is 0.762. The maximum absolute atomic E-state index is 12.1. The summed E-state index contributed by atoms with van der Waals surface area (Å²) in [4.78, 5) is 23.3. The molecule has 2 amide bonds. The molecule has 0 radical (unpaired) electrons. The van der Waals surface area contributed by atoms with Crippen LogP contribution in [0.1, 0.15) is 35.2 Å². The number of hydrogen-bond acceptors (Lipinski definition) is 3. The number of halogens is 1. The van der Waals surface area contributed by atoms with Crippen molar-refractivity contribution in [2.24, 2.45) is 23.3 Å². The molecule has 5 N–H and O–H groups in total. The van der Waals surface area contributed by atoms with E-state index in [1.54, 1.807) is 18.2 Å². The number of benzene rings is 1. The zero-order valence-electron chi connectivity index (χ0n) is 11.9. The van der Waals surface area contributed by atoms with Crippen LogP contribution < -0.4 is 16.8 Å². The van der Waals surface area contributed by atoms with Gasteiger partial charge in [0.05, 0.1) is 0 Å². The lowest BCUT2D eigenvalue weighted by Crippen LogP contribution is -2.34. The maximum Gasteiger partial charge on any atom is 0.248 e. The highest BCUT2D eigenvalue weighted by molar-refractivity contribution is 5.92. The summed E-state index contributed by atoms with van der Waals surface area (Å²) in [7, 11) is 0. The van der Waals surface area contributed by atoms with Gasteiger partial charge in [0, 0.05) is 18.0 Å². The van der Waals surface area contributed by atoms with Crippen molar-refractivity contribution in [1.82, 2.24) is 5.32 Å². The van der Waals surface area contributed by atoms with Crippen molar-refractivity contribution < 1.29 is 9.59 Å². The van der Waals surface area contributed by atoms with E-state index in [-0.39, 0.29) is 24.2 Å². The third kappa shape index (κ3) is 4.44. The van der Waals surface area contributed by atoms with Gasteiger partial charge < -0.3 is 16.8 Å². The van der Waals surface area contributed by atoms with E-state index in [0.29, 0.717) is 24.6 Å². The number of carbonyl (C=O) groups is 2. The zero-order chi connectivity index (χ0) is 14.5. The first-order valence-electron chi connectivity index (χ1n) is 6.98. The van der Waals surface area contributed by atoms with Crippen LogP contribution in [0.15, 0.2) is 24.3 Å². The maximum atomic E-state index is 12.1. The molecule has 1 fully saturated rings. The molecule has 1 aromatic carbocycles. The summed E-state index contributed by atoms with van der Waals surface area (Å²) < 4.78 is 0. The molecule has 1 aliphatic rings. The molecule has 1 saturated carbocycles. The Balaban J connectivity index is 0.00000220. The molecule has 1 aromatic rings. The summed E-state index contributed by atoms with van der Waals surface area (Å²) in [5, 5.41) is 2.92. The molecule has 0 spiro atoms. The molecule has 0 heterocycles. The van der Waals surface area contributed by atoms with Crippen LogP contribution >= 0.6 is 12.4 Å². The van der Waals surface area contributed by atoms with Crippen LogP contribution in [-0.2, 0) is 11.3 Å². The second-order valence-corrected chi connectivity index (χ2v) is 5.32. The third-order valence-electron chi connectivity index (χ3n) is 3.98. The second kappa shape index (κ2) is 8.00. The van der Waals surface area contributed by atoms with Crippen LogP contribution in [0.5, 0.6) is 0 Å². The number of primary amides is 1. The molecule has 2 rings (SSSR count). The number of nitrogens with two attached hydrogens (primary N) is 2. The predicted octanol–water partition coefficient (Wildman–Crippen LogP) is 1.20. The molecule has 2 atom stereocenters. The van der Waals surface area contributed by atoms with E-state index in [1.165, 1.54) is 0 Å². The molecule has 6 heteroatoms. The Morgan fingerprint density at radius 2 is 2.05 bits per heavy atom. The van der Waals surface area contributed by atoms with Gasteiger partial charge in [-0.2, -0.15) is 0 Å². The molecule has 0 bridgehead atoms. The fourth-order valence-corrected chi connectivity index (χ4v) is 2.82. The fourth-order valence-electron chi connectivity index (χ4n) is 2.82. The predicted molar refractivity (Wildman–Crippen MR) is 83.9 cm³/mol. The number of rotatable bonds is 5. The lowest BCUT2D eigenvalue weighted by atomic mass is 9.95. The lowest BCUT2D eigenvalue weighted by molar-refractivity contribution is -0.126. The van der Waals surface area contributed by atoms with E-state index in [0.717, 1.165) is 24.8 Å². The molecular weight excluding hydrogens is 290 g/mol. The Morgan fingerprint density at radius 1 is 1.29 bits per heavy atom. The van der Waals surface area contributed by atoms with E-state index in [4.69, 9.17) is 11.5 Å². The Morgan fingerprint density at radius 3 is 2.71 bits per heavy atom. The molecular formula is C15H22ClN3O2. The van der Waals surface area contributed by atoms with Crippen molar-refractivity contribution in [2.75, 3.05) is 6.54 Å². The average Bonchev–Trinajstić information content (AvgIpc) is 2.93. The van der Waals surface area contributed by atoms with Crippen molar-refractivity contribution in [3.8, 4) is 0 Å². The van der Waals surface area contributed by atoms with E-state index in [9.17, 15) is 9.59 Å². The minimum atomic E-state index is -0.461. The van der Waals surface area contributed by atoms with Crippen LogP contribution in [-0.4, -0.2) is 18.4 Å². The number of carbonyl (C=O) groups excluding carboxylic acids is 2. The van der Waals surface area contributed by atoms with Gasteiger partial charge in [0.1, 0.15) is 0 Å². The van der Waals surface area contributed by atoms with Crippen LogP contribution in [0.2, 0.25) is 0 Å². The van der Waals surface area contributed by atoms with E-state index < -0.39 is 5.91 Å². The first-order valence-corrected chi connectivity index (χ1v) is 6.98. The highest BCUT2D eigenvalue weighted by Crippen LogP contribution is 2.30. The van der Waals surface area contributed by atoms with Crippen molar-refractivity contribution >= 4 is 24.2 Å². The molecule has 1 aliphatic carbocycles. The van der Waals surface area contributed by atoms with Gasteiger partial charge in [-0.05, 0) is 43.0 Å². The molecule has 0 saturated heterocycles. The second-order valence-electron chi connectivity index (χ2n) is 5.32. The van der Waals surface area contributed by atoms with Gasteiger partial charge in [-0.3, -0.25) is 9.59 Å². The lowest BCUT2D eigenvalue weighted by Gasteiger charge is -2.17. The van der Waals surface area contributed by atoms with Gasteiger partial charge in [0.15, 0.2) is 0 Å². The van der Waals surface area contributed by atoms with Crippen molar-refractivity contribution in [1.29, 1.82) is 0 Å². The molecule has 0 aromatic heterocycles. The van der Waals surface area contributed by atoms with Crippen LogP contribution in [0.4, 0.5) is 0 Å². The van der Waals surface area contributed by atoms with Gasteiger partial charge in [0.2, 0.25) is 11.8 Å². The minimum absolute atomic E-state index is 0. The Kier molecular flexibility index (Phi) is 6.65. The number of amides is 2. The topological polar surface area (TPSA) is 98.2 Å². The third-order valence-corrected chi connectivity index (χ3v) is 3.98. The van der Waals surface area contributed by atoms with Gasteiger partial charge in [-0.25, -0.2) is 0 Å². The van der Waals surface area contributed by atoms with Gasteiger partial charge in [0.25, 0.3) is 0 Å². The van der Waals surface area contributed by atoms with E-state index in [1.807, 2.05) is 6.07 Å². The monoisotopic (exact) mass is 311 g/mol. The average molecular weight is 312 g/mol. The normalized spacial score (nSPS) is 20.6. The largest absolute Gasteiger partial charge is 0.366 e. The van der Waals surface area contributed by atoms with Crippen LogP contribution in [0, 0.1) is 11.8 Å². The molecule has 21 heavy (non-hydrogen) atoms. The summed E-state index contributed by atoms with van der Waals surface area (Å²) in [6.07, 6.45) is 3.01. The van der Waals surface area contributed by atoms with Crippen molar-refractivity contribution in [2.45, 2.75) is 25.8 Å². The molecule has 0 aliphatic heterocycles. The summed E-state index contributed by atoms with van der Waals surface area (Å²) >= 11 is 0. The van der Waals surface area contributed by atoms with Crippen molar-refractivity contribution in [3.63, 3.8) is 0 Å². The SMILES string of the molecule is Cl.NC[C@H]1CCC[C@H]1C(=O)NCc1cccc(C(N)=O)c1. The minimum Gasteiger partial charge on any atom is -0.366 e. The van der Waals surface area contributed by atoms with E-state index in [2.05, 4.69) is 5.32 Å². The van der Waals surface area contributed by atoms with Crippen LogP contribution in [0.25, 0.3) is 0 Å². The molecule has 5 nitrogen and oxygen atoms in total. The summed E-state index contributed by atoms with van der Waals surface area (Å²) in [5.41, 5.74) is 12.3. The first kappa shape index (κ1) is 17.5. The summed E-state index contributed by atoms with van der Waals surface area (Å²) in [6.45, 7) is 0.975. The summed E-state index contributed by atoms with van der Waals surface area (Å²) in [6, 6.07) is 6.99. The van der Waals surface area contributed by atoms with Gasteiger partial charge in [-0.15, -0.1) is 12.4 Å². The van der Waals surface area contributed by atoms with Gasteiger partial charge >= 0.3 is 0 Å². The number of hydrogen-bond donors (Lipinski definition) is 3. The van der Waals surface area contributed by atoms with Crippen LogP contribution in [0.3, 0.4) is 0 Å². The standard InChI is InChI=1S/C15H21N3O2.ClH/c16-8-12-5-2-6-13(12)15(20)18-9-10-3-1-4-11(7-10)14(17)19;/h1,3-4,7,12-13H,2,5-6,8-9,16H2,(H2,17,19)(H,18,20);1H/t12-,13-;/m1./s1. The fraction of sp³-hybridized carbons (Fsp3) is 0.467. The smallest absolute Gasteiger partial charge is 0.248 e. The van der Waals surface area contributed by atoms with Gasteiger partial charge in [-0.1, -0.05) is 18.6 Å². The number of nitrogens with one attached hydrogen (secondary N) is 1. The summed E-state index contributed by atoms with van der Waals surface area (Å²) in [5.74, 6) is -0.0779. The molecule has 116 valence electrons. The zero-order valence-corrected chi connectivity index (χ0v) is 12.7. The highest BCUT2D eigenvalue weighted by Gasteiger charge is 2.31. The first-order chi connectivity index (χ1) is 9.61. The van der Waals surface area contributed by atoms with E-state index >= 15 is 0 Å². The highest BCUT2D eigenvalue weighted by atomic mass is 35.5.